The van der Waals surface area contributed by atoms with Crippen molar-refractivity contribution in [3.63, 3.8) is 0 Å². The third-order valence-corrected chi connectivity index (χ3v) is 5.48. The van der Waals surface area contributed by atoms with Crippen molar-refractivity contribution >= 4 is 16.9 Å². The minimum absolute atomic E-state index is 0.0211. The van der Waals surface area contributed by atoms with E-state index in [4.69, 9.17) is 14.6 Å². The first-order valence-corrected chi connectivity index (χ1v) is 9.89. The molecule has 6 nitrogen and oxygen atoms in total. The van der Waals surface area contributed by atoms with Gasteiger partial charge in [0, 0.05) is 10.8 Å². The molecule has 1 saturated heterocycles. The van der Waals surface area contributed by atoms with Gasteiger partial charge in [0.25, 0.3) is 0 Å². The van der Waals surface area contributed by atoms with Gasteiger partial charge in [-0.2, -0.15) is 5.10 Å². The van der Waals surface area contributed by atoms with Crippen molar-refractivity contribution in [2.24, 2.45) is 5.41 Å². The summed E-state index contributed by atoms with van der Waals surface area (Å²) in [6.45, 7) is 7.00. The van der Waals surface area contributed by atoms with E-state index in [0.29, 0.717) is 6.61 Å². The van der Waals surface area contributed by atoms with E-state index in [1.165, 1.54) is 0 Å². The second-order valence-corrected chi connectivity index (χ2v) is 8.36. The number of carboxylic acids is 1. The lowest BCUT2D eigenvalue weighted by molar-refractivity contribution is -0.137. The first kappa shape index (κ1) is 19.5. The van der Waals surface area contributed by atoms with Gasteiger partial charge in [-0.15, -0.1) is 0 Å². The van der Waals surface area contributed by atoms with Gasteiger partial charge >= 0.3 is 5.97 Å². The Hall–Kier alpha value is -2.86. The van der Waals surface area contributed by atoms with Gasteiger partial charge in [-0.25, -0.2) is 0 Å². The molecular formula is C23H26N2O4. The molecule has 152 valence electrons. The molecule has 6 heteroatoms. The SMILES string of the molecule is CC(CC(=O)O)c1ccc(OCc2ccc3cnn(CC4(C)COC4)c3c2)cc1. The van der Waals surface area contributed by atoms with Crippen LogP contribution in [0.25, 0.3) is 10.9 Å². The normalized spacial score (nSPS) is 16.3. The van der Waals surface area contributed by atoms with Crippen LogP contribution < -0.4 is 4.74 Å². The van der Waals surface area contributed by atoms with Crippen LogP contribution in [0.4, 0.5) is 0 Å². The summed E-state index contributed by atoms with van der Waals surface area (Å²) in [5.74, 6) is -0.0394. The average molecular weight is 394 g/mol. The number of rotatable bonds is 8. The van der Waals surface area contributed by atoms with Crippen molar-refractivity contribution in [1.82, 2.24) is 9.78 Å². The quantitative estimate of drug-likeness (QED) is 0.619. The molecule has 1 aromatic heterocycles. The summed E-state index contributed by atoms with van der Waals surface area (Å²) in [5.41, 5.74) is 3.35. The number of hydrogen-bond acceptors (Lipinski definition) is 4. The standard InChI is InChI=1S/C23H26N2O4/c1-16(9-22(26)27)18-5-7-20(8-6-18)29-12-17-3-4-19-11-24-25(21(19)10-17)13-23(2)14-28-15-23/h3-8,10-11,16H,9,12-15H2,1-2H3,(H,26,27). The van der Waals surface area contributed by atoms with Crippen molar-refractivity contribution in [2.45, 2.75) is 39.3 Å². The highest BCUT2D eigenvalue weighted by Gasteiger charge is 2.34. The molecule has 0 bridgehead atoms. The lowest BCUT2D eigenvalue weighted by atomic mass is 9.89. The Morgan fingerprint density at radius 2 is 2.03 bits per heavy atom. The number of aromatic nitrogens is 2. The summed E-state index contributed by atoms with van der Waals surface area (Å²) >= 11 is 0. The molecule has 29 heavy (non-hydrogen) atoms. The lowest BCUT2D eigenvalue weighted by Crippen LogP contribution is -2.43. The van der Waals surface area contributed by atoms with E-state index in [2.05, 4.69) is 34.9 Å². The van der Waals surface area contributed by atoms with E-state index in [9.17, 15) is 4.79 Å². The van der Waals surface area contributed by atoms with E-state index in [1.807, 2.05) is 37.4 Å². The summed E-state index contributed by atoms with van der Waals surface area (Å²) in [7, 11) is 0. The zero-order valence-electron chi connectivity index (χ0n) is 16.8. The molecule has 0 radical (unpaired) electrons. The smallest absolute Gasteiger partial charge is 0.303 e. The third-order valence-electron chi connectivity index (χ3n) is 5.48. The highest BCUT2D eigenvalue weighted by molar-refractivity contribution is 5.79. The molecule has 2 heterocycles. The average Bonchev–Trinajstić information content (AvgIpc) is 3.07. The molecule has 3 aromatic rings. The van der Waals surface area contributed by atoms with Gasteiger partial charge in [0.05, 0.1) is 37.9 Å². The molecule has 0 amide bonds. The molecule has 0 saturated carbocycles. The van der Waals surface area contributed by atoms with Crippen molar-refractivity contribution in [2.75, 3.05) is 13.2 Å². The minimum atomic E-state index is -0.786. The molecule has 0 aliphatic carbocycles. The number of aliphatic carboxylic acids is 1. The highest BCUT2D eigenvalue weighted by Crippen LogP contribution is 2.30. The van der Waals surface area contributed by atoms with Gasteiger partial charge in [0.15, 0.2) is 0 Å². The van der Waals surface area contributed by atoms with Crippen LogP contribution in [0.3, 0.4) is 0 Å². The molecule has 1 N–H and O–H groups in total. The molecule has 0 spiro atoms. The second kappa shape index (κ2) is 7.87. The van der Waals surface area contributed by atoms with E-state index >= 15 is 0 Å². The number of ether oxygens (including phenoxy) is 2. The van der Waals surface area contributed by atoms with Gasteiger partial charge in [-0.05, 0) is 35.2 Å². The van der Waals surface area contributed by atoms with Gasteiger partial charge in [-0.3, -0.25) is 9.48 Å². The van der Waals surface area contributed by atoms with Crippen LogP contribution in [-0.2, 0) is 22.7 Å². The van der Waals surface area contributed by atoms with Crippen LogP contribution in [0.5, 0.6) is 5.75 Å². The number of benzene rings is 2. The second-order valence-electron chi connectivity index (χ2n) is 8.36. The van der Waals surface area contributed by atoms with Crippen molar-refractivity contribution in [3.8, 4) is 5.75 Å². The summed E-state index contributed by atoms with van der Waals surface area (Å²) in [4.78, 5) is 10.9. The van der Waals surface area contributed by atoms with Crippen LogP contribution in [0.15, 0.2) is 48.7 Å². The Balaban J connectivity index is 1.42. The largest absolute Gasteiger partial charge is 0.489 e. The Labute approximate surface area is 170 Å². The van der Waals surface area contributed by atoms with E-state index in [-0.39, 0.29) is 17.8 Å². The zero-order chi connectivity index (χ0) is 20.4. The minimum Gasteiger partial charge on any atom is -0.489 e. The van der Waals surface area contributed by atoms with Crippen LogP contribution in [-0.4, -0.2) is 34.1 Å². The molecule has 1 fully saturated rings. The Kier molecular flexibility index (Phi) is 5.28. The maximum atomic E-state index is 10.9. The number of fused-ring (bicyclic) bond motifs is 1. The summed E-state index contributed by atoms with van der Waals surface area (Å²) in [6, 6.07) is 13.9. The maximum Gasteiger partial charge on any atom is 0.303 e. The number of carbonyl (C=O) groups is 1. The van der Waals surface area contributed by atoms with Crippen molar-refractivity contribution in [1.29, 1.82) is 0 Å². The molecule has 1 aliphatic rings. The van der Waals surface area contributed by atoms with Crippen molar-refractivity contribution < 1.29 is 19.4 Å². The van der Waals surface area contributed by atoms with Crippen LogP contribution in [0, 0.1) is 5.41 Å². The molecule has 2 aromatic carbocycles. The van der Waals surface area contributed by atoms with Gasteiger partial charge in [-0.1, -0.05) is 38.1 Å². The molecule has 4 rings (SSSR count). The highest BCUT2D eigenvalue weighted by atomic mass is 16.5. The predicted octanol–water partition coefficient (Wildman–Crippen LogP) is 4.23. The van der Waals surface area contributed by atoms with Gasteiger partial charge in [0.2, 0.25) is 0 Å². The molecule has 1 unspecified atom stereocenters. The fourth-order valence-corrected chi connectivity index (χ4v) is 3.67. The number of carboxylic acid groups (broad SMARTS) is 1. The van der Waals surface area contributed by atoms with E-state index in [0.717, 1.165) is 47.5 Å². The van der Waals surface area contributed by atoms with Gasteiger partial charge in [0.1, 0.15) is 12.4 Å². The van der Waals surface area contributed by atoms with Gasteiger partial charge < -0.3 is 14.6 Å². The first-order valence-electron chi connectivity index (χ1n) is 9.89. The molecule has 1 aliphatic heterocycles. The summed E-state index contributed by atoms with van der Waals surface area (Å²) in [6.07, 6.45) is 2.03. The van der Waals surface area contributed by atoms with E-state index in [1.54, 1.807) is 0 Å². The van der Waals surface area contributed by atoms with Crippen LogP contribution in [0.1, 0.15) is 37.3 Å². The number of nitrogens with zero attached hydrogens (tertiary/aromatic N) is 2. The van der Waals surface area contributed by atoms with Crippen LogP contribution in [0.2, 0.25) is 0 Å². The predicted molar refractivity (Wildman–Crippen MR) is 110 cm³/mol. The molecular weight excluding hydrogens is 368 g/mol. The molecule has 1 atom stereocenters. The van der Waals surface area contributed by atoms with Crippen LogP contribution >= 0.6 is 0 Å². The van der Waals surface area contributed by atoms with E-state index < -0.39 is 5.97 Å². The lowest BCUT2D eigenvalue weighted by Gasteiger charge is -2.37. The van der Waals surface area contributed by atoms with Crippen molar-refractivity contribution in [3.05, 3.63) is 59.8 Å². The maximum absolute atomic E-state index is 10.9. The number of hydrogen-bond donors (Lipinski definition) is 1. The topological polar surface area (TPSA) is 73.6 Å². The fraction of sp³-hybridized carbons (Fsp3) is 0.391. The Morgan fingerprint density at radius 3 is 2.69 bits per heavy atom. The summed E-state index contributed by atoms with van der Waals surface area (Å²) < 4.78 is 13.4. The fourth-order valence-electron chi connectivity index (χ4n) is 3.67. The zero-order valence-corrected chi connectivity index (χ0v) is 16.8. The Morgan fingerprint density at radius 1 is 1.28 bits per heavy atom. The first-order chi connectivity index (χ1) is 13.9. The monoisotopic (exact) mass is 394 g/mol. The third kappa shape index (κ3) is 4.43. The summed E-state index contributed by atoms with van der Waals surface area (Å²) in [5, 5.41) is 14.6. The Bertz CT molecular complexity index is 1010.